The zero-order valence-corrected chi connectivity index (χ0v) is 13.8. The van der Waals surface area contributed by atoms with E-state index < -0.39 is 0 Å². The van der Waals surface area contributed by atoms with E-state index in [0.717, 1.165) is 44.3 Å². The Hall–Kier alpha value is -1.46. The first-order chi connectivity index (χ1) is 11.2. The molecular weight excluding hydrogens is 296 g/mol. The molecule has 0 aromatic carbocycles. The second-order valence-corrected chi connectivity index (χ2v) is 5.93. The molecule has 0 bridgehead atoms. The van der Waals surface area contributed by atoms with Gasteiger partial charge in [-0.1, -0.05) is 12.2 Å². The number of esters is 1. The molecule has 1 aliphatic heterocycles. The number of carbonyl (C=O) groups is 2. The number of carbonyl (C=O) groups excluding carboxylic acids is 2. The van der Waals surface area contributed by atoms with Gasteiger partial charge in [0.05, 0.1) is 13.2 Å². The summed E-state index contributed by atoms with van der Waals surface area (Å²) in [7, 11) is 1.40. The van der Waals surface area contributed by atoms with Crippen molar-refractivity contribution < 1.29 is 23.8 Å². The van der Waals surface area contributed by atoms with Gasteiger partial charge in [0, 0.05) is 19.4 Å². The van der Waals surface area contributed by atoms with E-state index in [1.54, 1.807) is 0 Å². The second kappa shape index (κ2) is 9.63. The minimum atomic E-state index is -0.183. The summed E-state index contributed by atoms with van der Waals surface area (Å²) in [6.07, 6.45) is 11.8. The summed E-state index contributed by atoms with van der Waals surface area (Å²) in [5.41, 5.74) is 0.815. The lowest BCUT2D eigenvalue weighted by Crippen LogP contribution is -2.26. The van der Waals surface area contributed by atoms with Crippen LogP contribution in [0, 0.1) is 0 Å². The van der Waals surface area contributed by atoms with E-state index in [1.165, 1.54) is 7.11 Å². The first-order valence-electron chi connectivity index (χ1n) is 8.42. The van der Waals surface area contributed by atoms with Crippen LogP contribution in [0.4, 0.5) is 0 Å². The van der Waals surface area contributed by atoms with Crippen molar-refractivity contribution in [3.8, 4) is 0 Å². The smallest absolute Gasteiger partial charge is 0.305 e. The van der Waals surface area contributed by atoms with Crippen molar-refractivity contribution in [1.82, 2.24) is 0 Å². The molecule has 1 aliphatic carbocycles. The Morgan fingerprint density at radius 1 is 1.39 bits per heavy atom. The fourth-order valence-corrected chi connectivity index (χ4v) is 2.77. The molecule has 128 valence electrons. The molecule has 5 heteroatoms. The summed E-state index contributed by atoms with van der Waals surface area (Å²) in [4.78, 5) is 23.0. The van der Waals surface area contributed by atoms with Crippen LogP contribution in [0.2, 0.25) is 0 Å². The third kappa shape index (κ3) is 6.28. The summed E-state index contributed by atoms with van der Waals surface area (Å²) < 4.78 is 16.0. The molecule has 2 atom stereocenters. The number of allylic oxidation sites excluding steroid dienone is 3. The van der Waals surface area contributed by atoms with Crippen molar-refractivity contribution in [2.75, 3.05) is 13.7 Å². The highest BCUT2D eigenvalue weighted by atomic mass is 16.7. The Morgan fingerprint density at radius 2 is 2.26 bits per heavy atom. The standard InChI is InChI=1S/C18H26O5/c1-21-17(20)9-5-3-2-4-8-14-12-15(13-16(14)19)23-18-10-6-7-11-22-18/h2,4,12,15,18H,3,5-11,13H2,1H3/b4-2-. The lowest BCUT2D eigenvalue weighted by atomic mass is 10.1. The van der Waals surface area contributed by atoms with Crippen LogP contribution >= 0.6 is 0 Å². The zero-order chi connectivity index (χ0) is 16.5. The number of rotatable bonds is 8. The van der Waals surface area contributed by atoms with Gasteiger partial charge in [0.1, 0.15) is 0 Å². The maximum Gasteiger partial charge on any atom is 0.305 e. The molecule has 0 aromatic rings. The Labute approximate surface area is 137 Å². The maximum absolute atomic E-state index is 12.0. The van der Waals surface area contributed by atoms with Gasteiger partial charge >= 0.3 is 5.97 Å². The molecule has 23 heavy (non-hydrogen) atoms. The van der Waals surface area contributed by atoms with Crippen molar-refractivity contribution in [2.45, 2.75) is 63.8 Å². The molecule has 0 amide bonds. The molecule has 0 spiro atoms. The SMILES string of the molecule is COC(=O)CCC/C=C\CC1=CC(OC2CCCCO2)CC1=O. The number of ether oxygens (including phenoxy) is 3. The Kier molecular flexibility index (Phi) is 7.49. The lowest BCUT2D eigenvalue weighted by Gasteiger charge is -2.24. The highest BCUT2D eigenvalue weighted by Crippen LogP contribution is 2.24. The first-order valence-corrected chi connectivity index (χ1v) is 8.42. The van der Waals surface area contributed by atoms with E-state index in [0.29, 0.717) is 19.3 Å². The van der Waals surface area contributed by atoms with Gasteiger partial charge in [-0.3, -0.25) is 9.59 Å². The van der Waals surface area contributed by atoms with Crippen molar-refractivity contribution >= 4 is 11.8 Å². The third-order valence-corrected chi connectivity index (χ3v) is 4.08. The van der Waals surface area contributed by atoms with Crippen LogP contribution in [-0.4, -0.2) is 37.9 Å². The average molecular weight is 322 g/mol. The quantitative estimate of drug-likeness (QED) is 0.390. The molecule has 0 saturated carbocycles. The van der Waals surface area contributed by atoms with Gasteiger partial charge in [0.15, 0.2) is 12.1 Å². The molecular formula is C18H26O5. The Bertz CT molecular complexity index is 460. The molecule has 5 nitrogen and oxygen atoms in total. The molecule has 0 aromatic heterocycles. The molecule has 1 heterocycles. The molecule has 1 fully saturated rings. The summed E-state index contributed by atoms with van der Waals surface area (Å²) in [6.45, 7) is 0.746. The van der Waals surface area contributed by atoms with Gasteiger partial charge in [-0.2, -0.15) is 0 Å². The van der Waals surface area contributed by atoms with E-state index in [4.69, 9.17) is 9.47 Å². The minimum Gasteiger partial charge on any atom is -0.469 e. The number of ketones is 1. The van der Waals surface area contributed by atoms with Crippen LogP contribution in [0.3, 0.4) is 0 Å². The molecule has 0 radical (unpaired) electrons. The third-order valence-electron chi connectivity index (χ3n) is 4.08. The van der Waals surface area contributed by atoms with Crippen LogP contribution in [-0.2, 0) is 23.8 Å². The van der Waals surface area contributed by atoms with Crippen LogP contribution in [0.5, 0.6) is 0 Å². The average Bonchev–Trinajstić information content (AvgIpc) is 2.91. The van der Waals surface area contributed by atoms with E-state index in [1.807, 2.05) is 18.2 Å². The predicted octanol–water partition coefficient (Wildman–Crippen LogP) is 3.09. The van der Waals surface area contributed by atoms with Crippen molar-refractivity contribution in [3.05, 3.63) is 23.8 Å². The first kappa shape index (κ1) is 17.9. The number of methoxy groups -OCH3 is 1. The van der Waals surface area contributed by atoms with E-state index in [9.17, 15) is 9.59 Å². The van der Waals surface area contributed by atoms with Crippen LogP contribution in [0.25, 0.3) is 0 Å². The summed E-state index contributed by atoms with van der Waals surface area (Å²) in [5.74, 6) is -0.0259. The summed E-state index contributed by atoms with van der Waals surface area (Å²) >= 11 is 0. The number of Topliss-reactive ketones (excluding diaryl/α,β-unsaturated/α-hetero) is 1. The van der Waals surface area contributed by atoms with Crippen molar-refractivity contribution in [2.24, 2.45) is 0 Å². The fourth-order valence-electron chi connectivity index (χ4n) is 2.77. The molecule has 1 saturated heterocycles. The van der Waals surface area contributed by atoms with Crippen LogP contribution in [0.15, 0.2) is 23.8 Å². The van der Waals surface area contributed by atoms with Gasteiger partial charge in [0.2, 0.25) is 0 Å². The van der Waals surface area contributed by atoms with Crippen molar-refractivity contribution in [1.29, 1.82) is 0 Å². The summed E-state index contributed by atoms with van der Waals surface area (Å²) in [6, 6.07) is 0. The maximum atomic E-state index is 12.0. The lowest BCUT2D eigenvalue weighted by molar-refractivity contribution is -0.178. The van der Waals surface area contributed by atoms with Gasteiger partial charge < -0.3 is 14.2 Å². The fraction of sp³-hybridized carbons (Fsp3) is 0.667. The highest BCUT2D eigenvalue weighted by Gasteiger charge is 2.27. The van der Waals surface area contributed by atoms with E-state index >= 15 is 0 Å². The van der Waals surface area contributed by atoms with Crippen molar-refractivity contribution in [3.63, 3.8) is 0 Å². The Balaban J connectivity index is 1.68. The number of hydrogen-bond acceptors (Lipinski definition) is 5. The van der Waals surface area contributed by atoms with Gasteiger partial charge in [-0.05, 0) is 50.2 Å². The number of unbranched alkanes of at least 4 members (excludes halogenated alkanes) is 1. The van der Waals surface area contributed by atoms with Gasteiger partial charge in [0.25, 0.3) is 0 Å². The topological polar surface area (TPSA) is 61.8 Å². The highest BCUT2D eigenvalue weighted by molar-refractivity contribution is 5.98. The van der Waals surface area contributed by atoms with Gasteiger partial charge in [-0.25, -0.2) is 0 Å². The predicted molar refractivity (Wildman–Crippen MR) is 85.8 cm³/mol. The monoisotopic (exact) mass is 322 g/mol. The molecule has 2 rings (SSSR count). The second-order valence-electron chi connectivity index (χ2n) is 5.93. The van der Waals surface area contributed by atoms with Crippen LogP contribution in [0.1, 0.15) is 51.4 Å². The zero-order valence-electron chi connectivity index (χ0n) is 13.8. The molecule has 0 N–H and O–H groups in total. The van der Waals surface area contributed by atoms with E-state index in [2.05, 4.69) is 4.74 Å². The number of hydrogen-bond donors (Lipinski definition) is 0. The van der Waals surface area contributed by atoms with Crippen LogP contribution < -0.4 is 0 Å². The van der Waals surface area contributed by atoms with Gasteiger partial charge in [-0.15, -0.1) is 0 Å². The molecule has 2 unspecified atom stereocenters. The minimum absolute atomic E-state index is 0.145. The normalized spacial score (nSPS) is 24.9. The Morgan fingerprint density at radius 3 is 3.00 bits per heavy atom. The summed E-state index contributed by atoms with van der Waals surface area (Å²) in [5, 5.41) is 0. The van der Waals surface area contributed by atoms with E-state index in [-0.39, 0.29) is 24.1 Å². The largest absolute Gasteiger partial charge is 0.469 e. The molecule has 2 aliphatic rings.